The summed E-state index contributed by atoms with van der Waals surface area (Å²) < 4.78 is 1.49. The van der Waals surface area contributed by atoms with Crippen LogP contribution < -0.4 is 10.4 Å². The molecule has 8 heteroatoms. The second kappa shape index (κ2) is 8.58. The number of non-ortho nitro benzene ring substituents is 1. The lowest BCUT2D eigenvalue weighted by Gasteiger charge is -2.20. The number of nitro benzene ring substituents is 1. The van der Waals surface area contributed by atoms with Gasteiger partial charge in [0, 0.05) is 28.8 Å². The van der Waals surface area contributed by atoms with E-state index in [-0.39, 0.29) is 11.6 Å². The highest BCUT2D eigenvalue weighted by molar-refractivity contribution is 5.97. The first-order valence-corrected chi connectivity index (χ1v) is 9.57. The van der Waals surface area contributed by atoms with Gasteiger partial charge in [0.25, 0.3) is 11.6 Å². The van der Waals surface area contributed by atoms with Crippen molar-refractivity contribution in [3.8, 4) is 0 Å². The average Bonchev–Trinajstić information content (AvgIpc) is 3.09. The summed E-state index contributed by atoms with van der Waals surface area (Å²) in [6, 6.07) is 22.4. The van der Waals surface area contributed by atoms with E-state index in [2.05, 4.69) is 10.4 Å². The summed E-state index contributed by atoms with van der Waals surface area (Å²) >= 11 is 0. The van der Waals surface area contributed by atoms with Crippen molar-refractivity contribution in [2.75, 3.05) is 0 Å². The third kappa shape index (κ3) is 4.32. The highest BCUT2D eigenvalue weighted by Gasteiger charge is 2.41. The molecular weight excluding hydrogens is 396 g/mol. The van der Waals surface area contributed by atoms with Crippen LogP contribution in [0, 0.1) is 10.1 Å². The predicted molar refractivity (Wildman–Crippen MR) is 113 cm³/mol. The van der Waals surface area contributed by atoms with Gasteiger partial charge in [0.1, 0.15) is 6.04 Å². The molecule has 4 rings (SSSR count). The second-order valence-corrected chi connectivity index (χ2v) is 6.97. The van der Waals surface area contributed by atoms with Gasteiger partial charge < -0.3 is 10.4 Å². The van der Waals surface area contributed by atoms with Crippen LogP contribution in [0.5, 0.6) is 0 Å². The summed E-state index contributed by atoms with van der Waals surface area (Å²) in [6.07, 6.45) is 1.63. The highest BCUT2D eigenvalue weighted by atomic mass is 16.6. The summed E-state index contributed by atoms with van der Waals surface area (Å²) in [7, 11) is 0. The van der Waals surface area contributed by atoms with Gasteiger partial charge in [0.05, 0.1) is 10.8 Å². The Morgan fingerprint density at radius 3 is 2.19 bits per heavy atom. The fraction of sp³-hybridized carbons (Fsp3) is 0.0870. The zero-order valence-corrected chi connectivity index (χ0v) is 16.3. The van der Waals surface area contributed by atoms with Crippen molar-refractivity contribution in [3.05, 3.63) is 112 Å². The van der Waals surface area contributed by atoms with Crippen molar-refractivity contribution in [1.29, 1.82) is 0 Å². The van der Waals surface area contributed by atoms with E-state index in [1.165, 1.54) is 16.8 Å². The van der Waals surface area contributed by atoms with Crippen molar-refractivity contribution < 1.29 is 19.5 Å². The first-order chi connectivity index (χ1) is 15.0. The van der Waals surface area contributed by atoms with Crippen molar-refractivity contribution in [2.45, 2.75) is 12.1 Å². The molecule has 1 aliphatic rings. The standard InChI is InChI=1S/C23H18N4O4/c28-22(18-9-5-2-6-10-18)24-20-21(17-7-3-1-4-8-17)26(25-23(20)29)15-16-11-13-19(14-12-16)27(30)31/h1-15,20-21H,(H-,24,25,28,29)/b26-15+/t20-,21-/m0/s1. The number of carbonyl (C=O) groups is 1. The number of benzene rings is 3. The lowest BCUT2D eigenvalue weighted by atomic mass is 9.99. The van der Waals surface area contributed by atoms with Crippen molar-refractivity contribution in [3.63, 3.8) is 0 Å². The number of hydrogen-bond acceptors (Lipinski definition) is 5. The minimum absolute atomic E-state index is 0.0285. The molecule has 0 bridgehead atoms. The Balaban J connectivity index is 1.68. The molecule has 0 unspecified atom stereocenters. The van der Waals surface area contributed by atoms with Gasteiger partial charge in [-0.2, -0.15) is 0 Å². The third-order valence-electron chi connectivity index (χ3n) is 4.93. The van der Waals surface area contributed by atoms with Crippen LogP contribution in [0.15, 0.2) is 90.0 Å². The average molecular weight is 414 g/mol. The number of carbonyl (C=O) groups excluding carboxylic acids is 1. The van der Waals surface area contributed by atoms with Gasteiger partial charge in [0.2, 0.25) is 12.3 Å². The van der Waals surface area contributed by atoms with Gasteiger partial charge in [-0.25, -0.2) is 0 Å². The molecule has 31 heavy (non-hydrogen) atoms. The molecule has 1 amide bonds. The normalized spacial score (nSPS) is 19.1. The van der Waals surface area contributed by atoms with E-state index >= 15 is 0 Å². The van der Waals surface area contributed by atoms with Crippen LogP contribution in [0.25, 0.3) is 0 Å². The molecule has 3 aromatic carbocycles. The molecule has 0 saturated carbocycles. The Bertz CT molecular complexity index is 1160. The number of hydrogen-bond donors (Lipinski definition) is 1. The number of hydrazone groups is 1. The lowest BCUT2D eigenvalue weighted by molar-refractivity contribution is -0.565. The van der Waals surface area contributed by atoms with Gasteiger partial charge in [-0.15, -0.1) is 0 Å². The van der Waals surface area contributed by atoms with E-state index in [4.69, 9.17) is 0 Å². The van der Waals surface area contributed by atoms with Gasteiger partial charge in [-0.3, -0.25) is 14.9 Å². The zero-order valence-electron chi connectivity index (χ0n) is 16.3. The van der Waals surface area contributed by atoms with Crippen molar-refractivity contribution in [2.24, 2.45) is 5.10 Å². The molecule has 0 fully saturated rings. The smallest absolute Gasteiger partial charge is 0.269 e. The molecular formula is C23H18N4O4. The van der Waals surface area contributed by atoms with Crippen LogP contribution in [0.4, 0.5) is 5.69 Å². The maximum atomic E-state index is 12.7. The molecule has 2 atom stereocenters. The summed E-state index contributed by atoms with van der Waals surface area (Å²) in [5, 5.41) is 30.5. The number of nitrogens with one attached hydrogen (secondary N) is 1. The van der Waals surface area contributed by atoms with Crippen molar-refractivity contribution in [1.82, 2.24) is 5.32 Å². The van der Waals surface area contributed by atoms with Crippen LogP contribution in [-0.2, 0) is 0 Å². The fourth-order valence-electron chi connectivity index (χ4n) is 3.42. The van der Waals surface area contributed by atoms with E-state index in [1.807, 2.05) is 30.3 Å². The number of nitro groups is 1. The summed E-state index contributed by atoms with van der Waals surface area (Å²) in [5.41, 5.74) is 1.85. The lowest BCUT2D eigenvalue weighted by Crippen LogP contribution is -2.47. The third-order valence-corrected chi connectivity index (χ3v) is 4.93. The van der Waals surface area contributed by atoms with E-state index < -0.39 is 22.9 Å². The molecule has 1 heterocycles. The molecule has 0 spiro atoms. The zero-order chi connectivity index (χ0) is 21.8. The van der Waals surface area contributed by atoms with Gasteiger partial charge >= 0.3 is 0 Å². The van der Waals surface area contributed by atoms with Crippen LogP contribution in [-0.4, -0.2) is 33.7 Å². The summed E-state index contributed by atoms with van der Waals surface area (Å²) in [6.45, 7) is 0. The minimum atomic E-state index is -0.885. The Labute approximate surface area is 177 Å². The van der Waals surface area contributed by atoms with E-state index in [0.29, 0.717) is 11.1 Å². The van der Waals surface area contributed by atoms with E-state index in [9.17, 15) is 20.0 Å². The maximum absolute atomic E-state index is 12.7. The molecule has 3 aromatic rings. The van der Waals surface area contributed by atoms with Crippen LogP contribution in [0.2, 0.25) is 0 Å². The fourth-order valence-corrected chi connectivity index (χ4v) is 3.42. The highest BCUT2D eigenvalue weighted by Crippen LogP contribution is 2.27. The van der Waals surface area contributed by atoms with E-state index in [1.54, 1.807) is 48.7 Å². The number of amides is 1. The largest absolute Gasteiger partial charge is 0.856 e. The molecule has 1 aliphatic heterocycles. The molecule has 0 aromatic heterocycles. The molecule has 154 valence electrons. The monoisotopic (exact) mass is 414 g/mol. The first-order valence-electron chi connectivity index (χ1n) is 9.57. The summed E-state index contributed by atoms with van der Waals surface area (Å²) in [5.74, 6) is -0.844. The quantitative estimate of drug-likeness (QED) is 0.392. The molecule has 0 saturated heterocycles. The topological polar surface area (TPSA) is 111 Å². The molecule has 0 radical (unpaired) electrons. The number of nitrogens with zero attached hydrogens (tertiary/aromatic N) is 3. The van der Waals surface area contributed by atoms with Crippen LogP contribution in [0.3, 0.4) is 0 Å². The molecule has 1 N–H and O–H groups in total. The number of rotatable bonds is 5. The van der Waals surface area contributed by atoms with Crippen LogP contribution >= 0.6 is 0 Å². The Morgan fingerprint density at radius 2 is 1.58 bits per heavy atom. The Kier molecular flexibility index (Phi) is 5.53. The SMILES string of the molecule is O=C(N[C@@H]1C([O-])=N/[N+](=C/c2ccc([N+](=O)[O-])cc2)[C@H]1c1ccccc1)c1ccccc1. The molecule has 0 aliphatic carbocycles. The summed E-state index contributed by atoms with van der Waals surface area (Å²) in [4.78, 5) is 23.1. The first kappa shape index (κ1) is 20.0. The maximum Gasteiger partial charge on any atom is 0.269 e. The van der Waals surface area contributed by atoms with Crippen LogP contribution in [0.1, 0.15) is 27.5 Å². The predicted octanol–water partition coefficient (Wildman–Crippen LogP) is 2.25. The second-order valence-electron chi connectivity index (χ2n) is 6.97. The van der Waals surface area contributed by atoms with Gasteiger partial charge in [0.15, 0.2) is 0 Å². The minimum Gasteiger partial charge on any atom is -0.856 e. The molecule has 8 nitrogen and oxygen atoms in total. The Hall–Kier alpha value is -4.33. The Morgan fingerprint density at radius 1 is 0.968 bits per heavy atom. The van der Waals surface area contributed by atoms with Gasteiger partial charge in [-0.05, 0) is 29.4 Å². The van der Waals surface area contributed by atoms with E-state index in [0.717, 1.165) is 5.56 Å². The van der Waals surface area contributed by atoms with Crippen molar-refractivity contribution >= 4 is 23.7 Å². The van der Waals surface area contributed by atoms with Gasteiger partial charge in [-0.1, -0.05) is 53.2 Å².